The first-order valence-electron chi connectivity index (χ1n) is 3.52. The monoisotopic (exact) mass is 214 g/mol. The van der Waals surface area contributed by atoms with Crippen molar-refractivity contribution >= 4 is 34.2 Å². The highest BCUT2D eigenvalue weighted by Gasteiger charge is 2.08. The molecule has 0 saturated heterocycles. The van der Waals surface area contributed by atoms with Gasteiger partial charge in [-0.3, -0.25) is 0 Å². The summed E-state index contributed by atoms with van der Waals surface area (Å²) in [6, 6.07) is 4.62. The first-order chi connectivity index (χ1) is 6.18. The fourth-order valence-corrected chi connectivity index (χ4v) is 1.42. The van der Waals surface area contributed by atoms with E-state index in [4.69, 9.17) is 23.2 Å². The van der Waals surface area contributed by atoms with E-state index in [2.05, 4.69) is 4.98 Å². The maximum Gasteiger partial charge on any atom is 0.244 e. The van der Waals surface area contributed by atoms with Gasteiger partial charge in [0.1, 0.15) is 5.15 Å². The van der Waals surface area contributed by atoms with Crippen LogP contribution in [-0.4, -0.2) is 4.98 Å². The van der Waals surface area contributed by atoms with E-state index < -0.39 is 0 Å². The molecule has 0 aliphatic carbocycles. The van der Waals surface area contributed by atoms with Gasteiger partial charge in [0.25, 0.3) is 0 Å². The van der Waals surface area contributed by atoms with Crippen LogP contribution in [0.15, 0.2) is 24.4 Å². The lowest BCUT2D eigenvalue weighted by molar-refractivity contribution is -0.577. The Kier molecular flexibility index (Phi) is 1.98. The molecule has 13 heavy (non-hydrogen) atoms. The smallest absolute Gasteiger partial charge is 0.244 e. The van der Waals surface area contributed by atoms with Gasteiger partial charge in [0.2, 0.25) is 5.52 Å². The molecule has 0 aliphatic rings. The van der Waals surface area contributed by atoms with Gasteiger partial charge in [-0.1, -0.05) is 23.2 Å². The van der Waals surface area contributed by atoms with Crippen molar-refractivity contribution in [1.29, 1.82) is 0 Å². The molecule has 0 spiro atoms. The third kappa shape index (κ3) is 1.41. The maximum atomic E-state index is 11.2. The van der Waals surface area contributed by atoms with Crippen molar-refractivity contribution < 1.29 is 4.73 Å². The van der Waals surface area contributed by atoms with Crippen molar-refractivity contribution in [3.8, 4) is 0 Å². The van der Waals surface area contributed by atoms with Gasteiger partial charge in [0.15, 0.2) is 11.7 Å². The van der Waals surface area contributed by atoms with Crippen LogP contribution in [0.2, 0.25) is 10.2 Å². The Hall–Kier alpha value is -1.06. The van der Waals surface area contributed by atoms with Gasteiger partial charge >= 0.3 is 0 Å². The Balaban J connectivity index is 2.92. The molecule has 0 aromatic carbocycles. The Morgan fingerprint density at radius 3 is 2.77 bits per heavy atom. The molecule has 0 fully saturated rings. The minimum Gasteiger partial charge on any atom is -0.618 e. The van der Waals surface area contributed by atoms with Crippen LogP contribution >= 0.6 is 23.2 Å². The molecule has 0 bridgehead atoms. The Morgan fingerprint density at radius 2 is 2.00 bits per heavy atom. The average molecular weight is 215 g/mol. The molecular weight excluding hydrogens is 211 g/mol. The molecule has 66 valence electrons. The topological polar surface area (TPSA) is 39.8 Å². The molecule has 5 heteroatoms. The van der Waals surface area contributed by atoms with Crippen LogP contribution in [0.1, 0.15) is 0 Å². The summed E-state index contributed by atoms with van der Waals surface area (Å²) in [7, 11) is 0. The first kappa shape index (κ1) is 8.53. The number of halogens is 2. The van der Waals surface area contributed by atoms with Crippen LogP contribution in [0.3, 0.4) is 0 Å². The van der Waals surface area contributed by atoms with Gasteiger partial charge in [0.05, 0.1) is 5.02 Å². The SMILES string of the molecule is [O-][n+]1ccc(Cl)c2nc(Cl)ccc21. The van der Waals surface area contributed by atoms with Crippen molar-refractivity contribution in [2.24, 2.45) is 0 Å². The summed E-state index contributed by atoms with van der Waals surface area (Å²) >= 11 is 11.5. The number of pyridine rings is 2. The number of rotatable bonds is 0. The molecule has 0 amide bonds. The van der Waals surface area contributed by atoms with E-state index in [1.165, 1.54) is 12.3 Å². The fourth-order valence-electron chi connectivity index (χ4n) is 1.07. The minimum atomic E-state index is 0.320. The number of aromatic nitrogens is 2. The second-order valence-corrected chi connectivity index (χ2v) is 3.29. The largest absolute Gasteiger partial charge is 0.618 e. The van der Waals surface area contributed by atoms with E-state index in [1.807, 2.05) is 0 Å². The molecule has 0 N–H and O–H groups in total. The summed E-state index contributed by atoms with van der Waals surface area (Å²) in [5.41, 5.74) is 0.837. The van der Waals surface area contributed by atoms with Gasteiger partial charge in [-0.15, -0.1) is 0 Å². The lowest BCUT2D eigenvalue weighted by Gasteiger charge is -2.01. The lowest BCUT2D eigenvalue weighted by atomic mass is 10.3. The Bertz CT molecular complexity index is 473. The highest BCUT2D eigenvalue weighted by atomic mass is 35.5. The third-order valence-electron chi connectivity index (χ3n) is 1.66. The Morgan fingerprint density at radius 1 is 1.23 bits per heavy atom. The normalized spacial score (nSPS) is 10.6. The number of hydrogen-bond donors (Lipinski definition) is 0. The molecule has 2 aromatic rings. The first-order valence-corrected chi connectivity index (χ1v) is 4.28. The molecule has 2 aromatic heterocycles. The summed E-state index contributed by atoms with van der Waals surface area (Å²) in [6.07, 6.45) is 1.33. The van der Waals surface area contributed by atoms with Crippen molar-refractivity contribution in [1.82, 2.24) is 4.98 Å². The molecular formula is C8H4Cl2N2O. The molecule has 0 aliphatic heterocycles. The summed E-state index contributed by atoms with van der Waals surface area (Å²) in [4.78, 5) is 3.95. The van der Waals surface area contributed by atoms with Crippen LogP contribution in [-0.2, 0) is 0 Å². The van der Waals surface area contributed by atoms with E-state index in [-0.39, 0.29) is 0 Å². The number of hydrogen-bond acceptors (Lipinski definition) is 2. The second kappa shape index (κ2) is 3.01. The molecule has 0 radical (unpaired) electrons. The van der Waals surface area contributed by atoms with E-state index in [9.17, 15) is 5.21 Å². The van der Waals surface area contributed by atoms with Crippen LogP contribution < -0.4 is 4.73 Å². The summed E-state index contributed by atoms with van der Waals surface area (Å²) in [6.45, 7) is 0. The molecule has 0 atom stereocenters. The average Bonchev–Trinajstić information content (AvgIpc) is 2.12. The number of fused-ring (bicyclic) bond motifs is 1. The van der Waals surface area contributed by atoms with E-state index in [0.29, 0.717) is 25.9 Å². The highest BCUT2D eigenvalue weighted by molar-refractivity contribution is 6.35. The summed E-state index contributed by atoms with van der Waals surface area (Å²) < 4.78 is 0.699. The van der Waals surface area contributed by atoms with Gasteiger partial charge in [0, 0.05) is 12.1 Å². The summed E-state index contributed by atoms with van der Waals surface area (Å²) in [5.74, 6) is 0. The van der Waals surface area contributed by atoms with Crippen molar-refractivity contribution in [3.05, 3.63) is 39.8 Å². The molecule has 0 saturated carbocycles. The van der Waals surface area contributed by atoms with E-state index >= 15 is 0 Å². The standard InChI is InChI=1S/C8H4Cl2N2O/c9-5-3-4-12(13)6-1-2-7(10)11-8(5)6/h1-4H. The van der Waals surface area contributed by atoms with Gasteiger partial charge in [-0.05, 0) is 6.07 Å². The van der Waals surface area contributed by atoms with Gasteiger partial charge in [-0.2, -0.15) is 4.73 Å². The fraction of sp³-hybridized carbons (Fsp3) is 0. The number of nitrogens with zero attached hydrogens (tertiary/aromatic N) is 2. The zero-order valence-corrected chi connectivity index (χ0v) is 7.88. The van der Waals surface area contributed by atoms with Crippen LogP contribution in [0, 0.1) is 5.21 Å². The van der Waals surface area contributed by atoms with Crippen LogP contribution in [0.25, 0.3) is 11.0 Å². The predicted molar refractivity (Wildman–Crippen MR) is 50.7 cm³/mol. The van der Waals surface area contributed by atoms with Crippen molar-refractivity contribution in [2.45, 2.75) is 0 Å². The molecule has 0 unspecified atom stereocenters. The minimum absolute atomic E-state index is 0.320. The van der Waals surface area contributed by atoms with Crippen molar-refractivity contribution in [2.75, 3.05) is 0 Å². The van der Waals surface area contributed by atoms with Gasteiger partial charge < -0.3 is 5.21 Å². The zero-order chi connectivity index (χ0) is 9.42. The van der Waals surface area contributed by atoms with E-state index in [0.717, 1.165) is 0 Å². The second-order valence-electron chi connectivity index (χ2n) is 2.49. The Labute approximate surface area is 84.1 Å². The highest BCUT2D eigenvalue weighted by Crippen LogP contribution is 2.19. The van der Waals surface area contributed by atoms with E-state index in [1.54, 1.807) is 12.1 Å². The van der Waals surface area contributed by atoms with Crippen LogP contribution in [0.4, 0.5) is 0 Å². The molecule has 3 nitrogen and oxygen atoms in total. The van der Waals surface area contributed by atoms with Crippen LogP contribution in [0.5, 0.6) is 0 Å². The molecule has 2 rings (SSSR count). The van der Waals surface area contributed by atoms with Gasteiger partial charge in [-0.25, -0.2) is 4.98 Å². The van der Waals surface area contributed by atoms with Crippen molar-refractivity contribution in [3.63, 3.8) is 0 Å². The maximum absolute atomic E-state index is 11.2. The quantitative estimate of drug-likeness (QED) is 0.383. The third-order valence-corrected chi connectivity index (χ3v) is 2.18. The summed E-state index contributed by atoms with van der Waals surface area (Å²) in [5, 5.41) is 12.0. The predicted octanol–water partition coefficient (Wildman–Crippen LogP) is 2.17. The lowest BCUT2D eigenvalue weighted by Crippen LogP contribution is -2.26. The molecule has 2 heterocycles. The zero-order valence-electron chi connectivity index (χ0n) is 6.37.